The second-order valence-electron chi connectivity index (χ2n) is 8.24. The lowest BCUT2D eigenvalue weighted by Crippen LogP contribution is -2.32. The quantitative estimate of drug-likeness (QED) is 0.371. The van der Waals surface area contributed by atoms with Crippen LogP contribution in [0.25, 0.3) is 0 Å². The number of amides is 2. The molecule has 0 aliphatic heterocycles. The lowest BCUT2D eigenvalue weighted by Gasteiger charge is -2.21. The van der Waals surface area contributed by atoms with Gasteiger partial charge in [0.2, 0.25) is 5.75 Å². The Morgan fingerprint density at radius 1 is 0.811 bits per heavy atom. The molecule has 2 aromatic carbocycles. The average molecular weight is 530 g/mol. The van der Waals surface area contributed by atoms with E-state index in [2.05, 4.69) is 15.6 Å². The molecule has 1 atom stereocenters. The first-order valence-corrected chi connectivity index (χ1v) is 12.2. The van der Waals surface area contributed by atoms with E-state index in [-0.39, 0.29) is 17.5 Å². The van der Waals surface area contributed by atoms with Crippen LogP contribution in [-0.2, 0) is 0 Å². The van der Waals surface area contributed by atoms with E-state index in [1.165, 1.54) is 46.9 Å². The molecule has 1 aromatic heterocycles. The van der Waals surface area contributed by atoms with Crippen LogP contribution in [0.4, 0.5) is 5.69 Å². The maximum atomic E-state index is 13.2. The fourth-order valence-corrected chi connectivity index (χ4v) is 4.58. The number of hydrogen-bond donors (Lipinski definition) is 2. The number of rotatable bonds is 11. The van der Waals surface area contributed by atoms with Crippen LogP contribution in [0.1, 0.15) is 45.7 Å². The number of carbonyl (C=O) groups excluding carboxylic acids is 2. The Labute approximate surface area is 219 Å². The number of benzene rings is 2. The average Bonchev–Trinajstić information content (AvgIpc) is 3.40. The van der Waals surface area contributed by atoms with Gasteiger partial charge in [0.15, 0.2) is 11.5 Å². The lowest BCUT2D eigenvalue weighted by atomic mass is 10.0. The summed E-state index contributed by atoms with van der Waals surface area (Å²) in [6, 6.07) is 7.80. The Hall–Kier alpha value is -3.99. The molecule has 0 bridgehead atoms. The van der Waals surface area contributed by atoms with Gasteiger partial charge in [-0.2, -0.15) is 0 Å². The molecule has 10 nitrogen and oxygen atoms in total. The summed E-state index contributed by atoms with van der Waals surface area (Å²) in [7, 11) is 7.53. The zero-order valence-corrected chi connectivity index (χ0v) is 22.6. The third kappa shape index (κ3) is 6.42. The van der Waals surface area contributed by atoms with Crippen molar-refractivity contribution in [2.24, 2.45) is 5.92 Å². The number of carbonyl (C=O) groups is 2. The molecule has 0 aliphatic carbocycles. The normalized spacial score (nSPS) is 11.5. The van der Waals surface area contributed by atoms with Crippen molar-refractivity contribution in [2.45, 2.75) is 19.9 Å². The number of hydrogen-bond acceptors (Lipinski definition) is 9. The van der Waals surface area contributed by atoms with E-state index in [0.29, 0.717) is 45.0 Å². The number of methoxy groups -OCH3 is 5. The summed E-state index contributed by atoms with van der Waals surface area (Å²) < 4.78 is 26.6. The number of ether oxygens (including phenoxy) is 5. The maximum Gasteiger partial charge on any atom is 0.275 e. The standard InChI is InChI=1S/C26H31N3O7S/c1-14(2)22(29-24(30)15-8-20(34-5)23(36-7)21(9-15)35-6)26-28-19(13-37-26)25(31)27-16-10-17(32-3)12-18(11-16)33-4/h8-14,22H,1-7H3,(H,27,31)(H,29,30)/t22-/m0/s1. The molecule has 37 heavy (non-hydrogen) atoms. The van der Waals surface area contributed by atoms with Crippen LogP contribution in [0.3, 0.4) is 0 Å². The van der Waals surface area contributed by atoms with Crippen LogP contribution < -0.4 is 34.3 Å². The highest BCUT2D eigenvalue weighted by Gasteiger charge is 2.25. The van der Waals surface area contributed by atoms with Gasteiger partial charge in [-0.15, -0.1) is 11.3 Å². The van der Waals surface area contributed by atoms with Gasteiger partial charge in [0.1, 0.15) is 22.2 Å². The smallest absolute Gasteiger partial charge is 0.275 e. The molecule has 0 radical (unpaired) electrons. The van der Waals surface area contributed by atoms with Gasteiger partial charge < -0.3 is 34.3 Å². The van der Waals surface area contributed by atoms with E-state index in [1.54, 1.807) is 35.7 Å². The summed E-state index contributed by atoms with van der Waals surface area (Å²) in [6.07, 6.45) is 0. The molecule has 2 amide bonds. The van der Waals surface area contributed by atoms with Crippen molar-refractivity contribution < 1.29 is 33.3 Å². The maximum absolute atomic E-state index is 13.2. The molecule has 0 unspecified atom stereocenters. The zero-order chi connectivity index (χ0) is 27.1. The summed E-state index contributed by atoms with van der Waals surface area (Å²) in [6.45, 7) is 3.92. The van der Waals surface area contributed by atoms with E-state index in [9.17, 15) is 9.59 Å². The molecule has 0 saturated heterocycles. The second kappa shape index (κ2) is 12.3. The SMILES string of the molecule is COc1cc(NC(=O)c2csc([C@@H](NC(=O)c3cc(OC)c(OC)c(OC)c3)C(C)C)n2)cc(OC)c1. The molecular formula is C26H31N3O7S. The zero-order valence-electron chi connectivity index (χ0n) is 21.8. The minimum atomic E-state index is -0.435. The molecule has 0 saturated carbocycles. The fraction of sp³-hybridized carbons (Fsp3) is 0.346. The molecular weight excluding hydrogens is 498 g/mol. The van der Waals surface area contributed by atoms with Gasteiger partial charge in [0, 0.05) is 34.8 Å². The largest absolute Gasteiger partial charge is 0.497 e. The highest BCUT2D eigenvalue weighted by Crippen LogP contribution is 2.38. The van der Waals surface area contributed by atoms with Crippen molar-refractivity contribution in [1.29, 1.82) is 0 Å². The monoisotopic (exact) mass is 529 g/mol. The molecule has 0 aliphatic rings. The van der Waals surface area contributed by atoms with E-state index in [4.69, 9.17) is 23.7 Å². The van der Waals surface area contributed by atoms with E-state index < -0.39 is 11.9 Å². The number of nitrogens with zero attached hydrogens (tertiary/aromatic N) is 1. The number of aromatic nitrogens is 1. The van der Waals surface area contributed by atoms with Crippen molar-refractivity contribution >= 4 is 28.8 Å². The second-order valence-corrected chi connectivity index (χ2v) is 9.13. The van der Waals surface area contributed by atoms with Gasteiger partial charge in [-0.1, -0.05) is 13.8 Å². The first-order chi connectivity index (χ1) is 17.7. The highest BCUT2D eigenvalue weighted by atomic mass is 32.1. The molecule has 11 heteroatoms. The van der Waals surface area contributed by atoms with Crippen LogP contribution in [-0.4, -0.2) is 52.3 Å². The number of thiazole rings is 1. The lowest BCUT2D eigenvalue weighted by molar-refractivity contribution is 0.0924. The van der Waals surface area contributed by atoms with E-state index in [1.807, 2.05) is 13.8 Å². The van der Waals surface area contributed by atoms with Crippen molar-refractivity contribution in [3.8, 4) is 28.7 Å². The molecule has 0 spiro atoms. The van der Waals surface area contributed by atoms with E-state index in [0.717, 1.165) is 0 Å². The van der Waals surface area contributed by atoms with Gasteiger partial charge in [-0.05, 0) is 18.1 Å². The number of nitrogens with one attached hydrogen (secondary N) is 2. The Kier molecular flexibility index (Phi) is 9.18. The van der Waals surface area contributed by atoms with Crippen molar-refractivity contribution in [2.75, 3.05) is 40.9 Å². The Balaban J connectivity index is 1.81. The predicted octanol–water partition coefficient (Wildman–Crippen LogP) is 4.57. The molecule has 1 heterocycles. The Morgan fingerprint density at radius 2 is 1.41 bits per heavy atom. The van der Waals surface area contributed by atoms with Crippen molar-refractivity contribution in [1.82, 2.24) is 10.3 Å². The van der Waals surface area contributed by atoms with Crippen LogP contribution in [0.2, 0.25) is 0 Å². The van der Waals surface area contributed by atoms with E-state index >= 15 is 0 Å². The summed E-state index contributed by atoms with van der Waals surface area (Å²) in [4.78, 5) is 30.6. The van der Waals surface area contributed by atoms with Crippen molar-refractivity contribution in [3.05, 3.63) is 52.0 Å². The van der Waals surface area contributed by atoms with Crippen molar-refractivity contribution in [3.63, 3.8) is 0 Å². The topological polar surface area (TPSA) is 117 Å². The predicted molar refractivity (Wildman–Crippen MR) is 141 cm³/mol. The summed E-state index contributed by atoms with van der Waals surface area (Å²) in [5, 5.41) is 8.08. The highest BCUT2D eigenvalue weighted by molar-refractivity contribution is 7.10. The van der Waals surface area contributed by atoms with Gasteiger partial charge in [-0.25, -0.2) is 4.98 Å². The Morgan fingerprint density at radius 3 is 1.89 bits per heavy atom. The number of anilines is 1. The van der Waals surface area contributed by atoms with Gasteiger partial charge >= 0.3 is 0 Å². The summed E-state index contributed by atoms with van der Waals surface area (Å²) >= 11 is 1.29. The first kappa shape index (κ1) is 27.6. The van der Waals surface area contributed by atoms with Crippen LogP contribution in [0.15, 0.2) is 35.7 Å². The summed E-state index contributed by atoms with van der Waals surface area (Å²) in [5.41, 5.74) is 1.07. The molecule has 198 valence electrons. The van der Waals surface area contributed by atoms with Gasteiger partial charge in [-0.3, -0.25) is 9.59 Å². The minimum Gasteiger partial charge on any atom is -0.497 e. The first-order valence-electron chi connectivity index (χ1n) is 11.3. The van der Waals surface area contributed by atoms with Crippen LogP contribution >= 0.6 is 11.3 Å². The molecule has 2 N–H and O–H groups in total. The van der Waals surface area contributed by atoms with Crippen LogP contribution in [0.5, 0.6) is 28.7 Å². The molecule has 3 rings (SSSR count). The minimum absolute atomic E-state index is 0.00398. The fourth-order valence-electron chi connectivity index (χ4n) is 3.56. The molecule has 3 aromatic rings. The third-order valence-corrected chi connectivity index (χ3v) is 6.44. The van der Waals surface area contributed by atoms with Gasteiger partial charge in [0.05, 0.1) is 41.6 Å². The third-order valence-electron chi connectivity index (χ3n) is 5.51. The molecule has 0 fully saturated rings. The van der Waals surface area contributed by atoms with Gasteiger partial charge in [0.25, 0.3) is 11.8 Å². The summed E-state index contributed by atoms with van der Waals surface area (Å²) in [5.74, 6) is 1.48. The van der Waals surface area contributed by atoms with Crippen LogP contribution in [0, 0.1) is 5.92 Å². The Bertz CT molecular complexity index is 1210.